The summed E-state index contributed by atoms with van der Waals surface area (Å²) in [6.07, 6.45) is 19.7. The van der Waals surface area contributed by atoms with Gasteiger partial charge in [0, 0.05) is 26.1 Å². The lowest BCUT2D eigenvalue weighted by Gasteiger charge is -2.06. The maximum Gasteiger partial charge on any atom is 0.305 e. The summed E-state index contributed by atoms with van der Waals surface area (Å²) in [5.41, 5.74) is 0. The van der Waals surface area contributed by atoms with Gasteiger partial charge in [-0.1, -0.05) is 77.0 Å². The molecule has 0 atom stereocenters. The van der Waals surface area contributed by atoms with Crippen LogP contribution in [-0.2, 0) is 19.1 Å². The van der Waals surface area contributed by atoms with Crippen LogP contribution in [0.25, 0.3) is 0 Å². The second-order valence-corrected chi connectivity index (χ2v) is 8.75. The molecule has 0 aromatic carbocycles. The molecule has 190 valence electrons. The molecule has 0 rings (SSSR count). The largest absolute Gasteiger partial charge is 0.466 e. The van der Waals surface area contributed by atoms with Gasteiger partial charge in [-0.05, 0) is 38.5 Å². The minimum Gasteiger partial charge on any atom is -0.466 e. The number of carbonyl (C=O) groups excluding carboxylic acids is 2. The standard InChI is InChI=1S/C26H50O6/c27-21-15-9-5-7-13-19-25(29)31-23-17-11-3-1-2-4-12-18-24-32-26(30)20-14-8-6-10-16-22-28/h27-28H,1-24H2. The second-order valence-electron chi connectivity index (χ2n) is 8.75. The fourth-order valence-electron chi connectivity index (χ4n) is 3.60. The summed E-state index contributed by atoms with van der Waals surface area (Å²) in [5.74, 6) is -0.156. The molecule has 0 amide bonds. The highest BCUT2D eigenvalue weighted by Gasteiger charge is 2.03. The lowest BCUT2D eigenvalue weighted by molar-refractivity contribution is -0.144. The van der Waals surface area contributed by atoms with E-state index in [1.807, 2.05) is 0 Å². The molecule has 0 aliphatic heterocycles. The average Bonchev–Trinajstić information content (AvgIpc) is 2.79. The summed E-state index contributed by atoms with van der Waals surface area (Å²) in [4.78, 5) is 23.3. The first kappa shape index (κ1) is 30.9. The van der Waals surface area contributed by atoms with E-state index in [-0.39, 0.29) is 25.2 Å². The van der Waals surface area contributed by atoms with Crippen LogP contribution in [0.15, 0.2) is 0 Å². The van der Waals surface area contributed by atoms with E-state index in [9.17, 15) is 9.59 Å². The van der Waals surface area contributed by atoms with E-state index in [2.05, 4.69) is 0 Å². The van der Waals surface area contributed by atoms with E-state index >= 15 is 0 Å². The molecule has 0 unspecified atom stereocenters. The molecule has 0 spiro atoms. The van der Waals surface area contributed by atoms with Gasteiger partial charge in [-0.3, -0.25) is 9.59 Å². The predicted molar refractivity (Wildman–Crippen MR) is 128 cm³/mol. The van der Waals surface area contributed by atoms with Gasteiger partial charge in [0.05, 0.1) is 13.2 Å². The maximum atomic E-state index is 11.6. The Kier molecular flexibility index (Phi) is 25.2. The highest BCUT2D eigenvalue weighted by atomic mass is 16.5. The third-order valence-corrected chi connectivity index (χ3v) is 5.64. The van der Waals surface area contributed by atoms with Crippen molar-refractivity contribution >= 4 is 11.9 Å². The summed E-state index contributed by atoms with van der Waals surface area (Å²) >= 11 is 0. The first-order chi connectivity index (χ1) is 15.7. The number of unbranched alkanes of at least 4 members (excludes halogenated alkanes) is 15. The first-order valence-corrected chi connectivity index (χ1v) is 13.2. The van der Waals surface area contributed by atoms with E-state index < -0.39 is 0 Å². The molecule has 0 aromatic rings. The molecule has 0 saturated heterocycles. The van der Waals surface area contributed by atoms with Crippen molar-refractivity contribution in [1.82, 2.24) is 0 Å². The SMILES string of the molecule is O=C(CCCCCCCO)OCCCCCCCCCCOC(=O)CCCCCCCO. The van der Waals surface area contributed by atoms with Crippen LogP contribution in [-0.4, -0.2) is 48.6 Å². The highest BCUT2D eigenvalue weighted by molar-refractivity contribution is 5.69. The first-order valence-electron chi connectivity index (χ1n) is 13.2. The van der Waals surface area contributed by atoms with E-state index in [0.717, 1.165) is 89.9 Å². The minimum absolute atomic E-state index is 0.0779. The molecule has 2 N–H and O–H groups in total. The highest BCUT2D eigenvalue weighted by Crippen LogP contribution is 2.10. The normalized spacial score (nSPS) is 10.9. The van der Waals surface area contributed by atoms with Crippen molar-refractivity contribution in [1.29, 1.82) is 0 Å². The van der Waals surface area contributed by atoms with Gasteiger partial charge in [0.1, 0.15) is 0 Å². The minimum atomic E-state index is -0.0779. The smallest absolute Gasteiger partial charge is 0.305 e. The van der Waals surface area contributed by atoms with Gasteiger partial charge >= 0.3 is 11.9 Å². The second kappa shape index (κ2) is 26.1. The average molecular weight is 459 g/mol. The van der Waals surface area contributed by atoms with Crippen molar-refractivity contribution in [3.05, 3.63) is 0 Å². The zero-order valence-electron chi connectivity index (χ0n) is 20.5. The van der Waals surface area contributed by atoms with Crippen LogP contribution in [0, 0.1) is 0 Å². The Bertz CT molecular complexity index is 375. The van der Waals surface area contributed by atoms with Gasteiger partial charge in [-0.25, -0.2) is 0 Å². The maximum absolute atomic E-state index is 11.6. The quantitative estimate of drug-likeness (QED) is 0.131. The topological polar surface area (TPSA) is 93.1 Å². The molecule has 0 aromatic heterocycles. The lowest BCUT2D eigenvalue weighted by atomic mass is 10.1. The van der Waals surface area contributed by atoms with Crippen LogP contribution in [0.1, 0.15) is 128 Å². The van der Waals surface area contributed by atoms with Crippen LogP contribution in [0.4, 0.5) is 0 Å². The van der Waals surface area contributed by atoms with Crippen molar-refractivity contribution in [2.24, 2.45) is 0 Å². The van der Waals surface area contributed by atoms with Crippen LogP contribution in [0.2, 0.25) is 0 Å². The van der Waals surface area contributed by atoms with Gasteiger partial charge < -0.3 is 19.7 Å². The zero-order chi connectivity index (χ0) is 23.5. The summed E-state index contributed by atoms with van der Waals surface area (Å²) in [7, 11) is 0. The summed E-state index contributed by atoms with van der Waals surface area (Å²) in [6.45, 7) is 1.59. The number of carbonyl (C=O) groups is 2. The van der Waals surface area contributed by atoms with Gasteiger partial charge in [0.2, 0.25) is 0 Å². The number of rotatable bonds is 25. The van der Waals surface area contributed by atoms with Crippen molar-refractivity contribution in [3.8, 4) is 0 Å². The molecule has 0 saturated carbocycles. The zero-order valence-corrected chi connectivity index (χ0v) is 20.5. The monoisotopic (exact) mass is 458 g/mol. The van der Waals surface area contributed by atoms with Crippen molar-refractivity contribution in [3.63, 3.8) is 0 Å². The van der Waals surface area contributed by atoms with Gasteiger partial charge in [-0.2, -0.15) is 0 Å². The molecule has 6 nitrogen and oxygen atoms in total. The van der Waals surface area contributed by atoms with E-state index in [1.54, 1.807) is 0 Å². The summed E-state index contributed by atoms with van der Waals surface area (Å²) in [6, 6.07) is 0. The Balaban J connectivity index is 3.21. The van der Waals surface area contributed by atoms with Crippen LogP contribution in [0.3, 0.4) is 0 Å². The van der Waals surface area contributed by atoms with E-state index in [4.69, 9.17) is 19.7 Å². The Hall–Kier alpha value is -1.14. The lowest BCUT2D eigenvalue weighted by Crippen LogP contribution is -2.05. The summed E-state index contributed by atoms with van der Waals surface area (Å²) in [5, 5.41) is 17.4. The van der Waals surface area contributed by atoms with Crippen LogP contribution in [0.5, 0.6) is 0 Å². The molecule has 0 radical (unpaired) electrons. The number of aliphatic hydroxyl groups excluding tert-OH is 2. The molecule has 0 aliphatic rings. The Morgan fingerprint density at radius 3 is 1.03 bits per heavy atom. The van der Waals surface area contributed by atoms with Gasteiger partial charge in [0.25, 0.3) is 0 Å². The molecule has 0 bridgehead atoms. The number of hydrogen-bond acceptors (Lipinski definition) is 6. The molecular weight excluding hydrogens is 408 g/mol. The number of esters is 2. The van der Waals surface area contributed by atoms with Crippen molar-refractivity contribution in [2.45, 2.75) is 128 Å². The fourth-order valence-corrected chi connectivity index (χ4v) is 3.60. The number of ether oxygens (including phenoxy) is 2. The molecule has 0 aliphatic carbocycles. The molecule has 0 fully saturated rings. The Morgan fingerprint density at radius 1 is 0.406 bits per heavy atom. The Morgan fingerprint density at radius 2 is 0.688 bits per heavy atom. The Labute approximate surface area is 196 Å². The fraction of sp³-hybridized carbons (Fsp3) is 0.923. The third kappa shape index (κ3) is 25.1. The predicted octanol–water partition coefficient (Wildman–Crippen LogP) is 5.86. The van der Waals surface area contributed by atoms with Gasteiger partial charge in [-0.15, -0.1) is 0 Å². The van der Waals surface area contributed by atoms with E-state index in [1.165, 1.54) is 25.7 Å². The van der Waals surface area contributed by atoms with Crippen LogP contribution < -0.4 is 0 Å². The molecular formula is C26H50O6. The van der Waals surface area contributed by atoms with E-state index in [0.29, 0.717) is 26.1 Å². The van der Waals surface area contributed by atoms with Crippen LogP contribution >= 0.6 is 0 Å². The molecule has 32 heavy (non-hydrogen) atoms. The number of hydrogen-bond donors (Lipinski definition) is 2. The van der Waals surface area contributed by atoms with Gasteiger partial charge in [0.15, 0.2) is 0 Å². The van der Waals surface area contributed by atoms with Crippen molar-refractivity contribution in [2.75, 3.05) is 26.4 Å². The molecule has 0 heterocycles. The third-order valence-electron chi connectivity index (χ3n) is 5.64. The molecule has 6 heteroatoms. The van der Waals surface area contributed by atoms with Crippen molar-refractivity contribution < 1.29 is 29.3 Å². The number of aliphatic hydroxyl groups is 2. The summed E-state index contributed by atoms with van der Waals surface area (Å²) < 4.78 is 10.6.